The number of carboxylic acids is 1. The Bertz CT molecular complexity index is 533. The summed E-state index contributed by atoms with van der Waals surface area (Å²) in [5.74, 6) is -1.70. The van der Waals surface area contributed by atoms with Gasteiger partial charge in [0.1, 0.15) is 6.04 Å². The van der Waals surface area contributed by atoms with E-state index < -0.39 is 28.0 Å². The number of rotatable bonds is 3. The first-order valence-corrected chi connectivity index (χ1v) is 9.05. The van der Waals surface area contributed by atoms with Crippen molar-refractivity contribution in [3.05, 3.63) is 0 Å². The Morgan fingerprint density at radius 1 is 1.19 bits per heavy atom. The largest absolute Gasteiger partial charge is 0.480 e. The van der Waals surface area contributed by atoms with Crippen LogP contribution in [0.4, 0.5) is 0 Å². The number of carboxylic acid groups (broad SMARTS) is 1. The van der Waals surface area contributed by atoms with Crippen LogP contribution in [0.15, 0.2) is 0 Å². The van der Waals surface area contributed by atoms with Crippen LogP contribution in [0.1, 0.15) is 26.2 Å². The quantitative estimate of drug-likeness (QED) is 0.789. The lowest BCUT2D eigenvalue weighted by Crippen LogP contribution is -2.50. The first kappa shape index (κ1) is 16.2. The van der Waals surface area contributed by atoms with Crippen LogP contribution < -0.4 is 0 Å². The Balaban J connectivity index is 2.11. The van der Waals surface area contributed by atoms with Gasteiger partial charge in [0.05, 0.1) is 12.2 Å². The van der Waals surface area contributed by atoms with Gasteiger partial charge in [-0.1, -0.05) is 6.92 Å². The molecule has 2 aliphatic rings. The highest BCUT2D eigenvalue weighted by Gasteiger charge is 2.42. The predicted octanol–water partition coefficient (Wildman–Crippen LogP) is -0.0204. The molecule has 8 heteroatoms. The summed E-state index contributed by atoms with van der Waals surface area (Å²) in [6, 6.07) is -0.786. The van der Waals surface area contributed by atoms with E-state index in [2.05, 4.69) is 0 Å². The number of nitrogens with zero attached hydrogens (tertiary/aromatic N) is 2. The monoisotopic (exact) mass is 318 g/mol. The van der Waals surface area contributed by atoms with Crippen molar-refractivity contribution in [1.82, 2.24) is 9.21 Å². The van der Waals surface area contributed by atoms with Gasteiger partial charge < -0.3 is 10.0 Å². The summed E-state index contributed by atoms with van der Waals surface area (Å²) >= 11 is 0. The van der Waals surface area contributed by atoms with Gasteiger partial charge in [0.2, 0.25) is 15.9 Å². The van der Waals surface area contributed by atoms with E-state index in [1.165, 1.54) is 9.21 Å². The Hall–Kier alpha value is -1.15. The van der Waals surface area contributed by atoms with Gasteiger partial charge in [-0.15, -0.1) is 0 Å². The number of carbonyl (C=O) groups is 2. The average molecular weight is 318 g/mol. The van der Waals surface area contributed by atoms with Gasteiger partial charge in [0.15, 0.2) is 0 Å². The number of piperidine rings is 1. The Labute approximate surface area is 125 Å². The van der Waals surface area contributed by atoms with Crippen molar-refractivity contribution in [3.63, 3.8) is 0 Å². The van der Waals surface area contributed by atoms with Crippen LogP contribution in [0.5, 0.6) is 0 Å². The molecule has 1 amide bonds. The molecular weight excluding hydrogens is 296 g/mol. The molecule has 3 unspecified atom stereocenters. The lowest BCUT2D eigenvalue weighted by atomic mass is 9.97. The lowest BCUT2D eigenvalue weighted by Gasteiger charge is -2.34. The number of sulfonamides is 1. The molecule has 3 atom stereocenters. The third-order valence-corrected chi connectivity index (χ3v) is 5.71. The van der Waals surface area contributed by atoms with Crippen LogP contribution in [-0.2, 0) is 19.6 Å². The van der Waals surface area contributed by atoms with Gasteiger partial charge in [-0.3, -0.25) is 4.79 Å². The molecule has 7 nitrogen and oxygen atoms in total. The molecule has 1 N–H and O–H groups in total. The van der Waals surface area contributed by atoms with Crippen LogP contribution in [0.2, 0.25) is 0 Å². The molecule has 2 aliphatic heterocycles. The van der Waals surface area contributed by atoms with Crippen LogP contribution in [0.25, 0.3) is 0 Å². The zero-order valence-electron chi connectivity index (χ0n) is 12.4. The standard InChI is InChI=1S/C13H22N2O5S/c1-9-5-7-15(11(9)13(17)18)12(16)10-4-3-6-14(8-10)21(2,19)20/h9-11H,3-8H2,1-2H3,(H,17,18). The summed E-state index contributed by atoms with van der Waals surface area (Å²) in [7, 11) is -3.31. The summed E-state index contributed by atoms with van der Waals surface area (Å²) in [4.78, 5) is 25.3. The summed E-state index contributed by atoms with van der Waals surface area (Å²) < 4.78 is 24.5. The van der Waals surface area contributed by atoms with Crippen LogP contribution in [0, 0.1) is 11.8 Å². The molecule has 0 saturated carbocycles. The molecule has 0 radical (unpaired) electrons. The maximum atomic E-state index is 12.6. The summed E-state index contributed by atoms with van der Waals surface area (Å²) in [6.07, 6.45) is 3.05. The molecule has 2 heterocycles. The fraction of sp³-hybridized carbons (Fsp3) is 0.846. The van der Waals surface area contributed by atoms with Gasteiger partial charge >= 0.3 is 5.97 Å². The molecule has 0 aromatic carbocycles. The highest BCUT2D eigenvalue weighted by atomic mass is 32.2. The molecule has 2 fully saturated rings. The molecule has 120 valence electrons. The number of likely N-dealkylation sites (tertiary alicyclic amines) is 1. The van der Waals surface area contributed by atoms with E-state index in [-0.39, 0.29) is 18.4 Å². The van der Waals surface area contributed by atoms with Gasteiger partial charge in [-0.2, -0.15) is 0 Å². The third-order valence-electron chi connectivity index (χ3n) is 4.44. The number of amides is 1. The second-order valence-electron chi connectivity index (χ2n) is 6.04. The van der Waals surface area contributed by atoms with E-state index in [4.69, 9.17) is 0 Å². The van der Waals surface area contributed by atoms with Gasteiger partial charge in [-0.25, -0.2) is 17.5 Å². The van der Waals surface area contributed by atoms with Crippen molar-refractivity contribution in [3.8, 4) is 0 Å². The summed E-state index contributed by atoms with van der Waals surface area (Å²) in [6.45, 7) is 2.86. The maximum Gasteiger partial charge on any atom is 0.326 e. The van der Waals surface area contributed by atoms with E-state index in [1.807, 2.05) is 6.92 Å². The zero-order valence-corrected chi connectivity index (χ0v) is 13.2. The second kappa shape index (κ2) is 5.92. The minimum absolute atomic E-state index is 0.0685. The number of hydrogen-bond donors (Lipinski definition) is 1. The average Bonchev–Trinajstić information content (AvgIpc) is 2.79. The normalized spacial score (nSPS) is 31.3. The van der Waals surface area contributed by atoms with Gasteiger partial charge in [0, 0.05) is 19.6 Å². The van der Waals surface area contributed by atoms with Crippen molar-refractivity contribution in [2.75, 3.05) is 25.9 Å². The summed E-state index contributed by atoms with van der Waals surface area (Å²) in [5, 5.41) is 9.28. The third kappa shape index (κ3) is 3.37. The van der Waals surface area contributed by atoms with E-state index in [0.29, 0.717) is 32.4 Å². The SMILES string of the molecule is CC1CCN(C(=O)C2CCCN(S(C)(=O)=O)C2)C1C(=O)O. The zero-order chi connectivity index (χ0) is 15.8. The van der Waals surface area contributed by atoms with Crippen LogP contribution >= 0.6 is 0 Å². The number of hydrogen-bond acceptors (Lipinski definition) is 4. The van der Waals surface area contributed by atoms with E-state index >= 15 is 0 Å². The van der Waals surface area contributed by atoms with E-state index in [0.717, 1.165) is 6.26 Å². The predicted molar refractivity (Wildman–Crippen MR) is 76.1 cm³/mol. The second-order valence-corrected chi connectivity index (χ2v) is 8.02. The molecule has 0 aromatic rings. The fourth-order valence-electron chi connectivity index (χ4n) is 3.25. The number of carbonyl (C=O) groups excluding carboxylic acids is 1. The molecule has 0 spiro atoms. The van der Waals surface area contributed by atoms with Crippen molar-refractivity contribution in [2.24, 2.45) is 11.8 Å². The Morgan fingerprint density at radius 2 is 1.86 bits per heavy atom. The Kier molecular flexibility index (Phi) is 4.57. The van der Waals surface area contributed by atoms with Crippen LogP contribution in [-0.4, -0.2) is 66.5 Å². The molecule has 2 rings (SSSR count). The first-order chi connectivity index (χ1) is 9.71. The smallest absolute Gasteiger partial charge is 0.326 e. The Morgan fingerprint density at radius 3 is 2.43 bits per heavy atom. The van der Waals surface area contributed by atoms with E-state index in [1.54, 1.807) is 0 Å². The van der Waals surface area contributed by atoms with Crippen molar-refractivity contribution >= 4 is 21.9 Å². The minimum atomic E-state index is -3.31. The highest BCUT2D eigenvalue weighted by molar-refractivity contribution is 7.88. The van der Waals surface area contributed by atoms with Crippen molar-refractivity contribution in [1.29, 1.82) is 0 Å². The number of aliphatic carboxylic acids is 1. The highest BCUT2D eigenvalue weighted by Crippen LogP contribution is 2.28. The molecule has 0 aromatic heterocycles. The van der Waals surface area contributed by atoms with Crippen LogP contribution in [0.3, 0.4) is 0 Å². The molecular formula is C13H22N2O5S. The van der Waals surface area contributed by atoms with Crippen molar-refractivity contribution < 1.29 is 23.1 Å². The van der Waals surface area contributed by atoms with Gasteiger partial charge in [-0.05, 0) is 25.2 Å². The van der Waals surface area contributed by atoms with E-state index in [9.17, 15) is 23.1 Å². The lowest BCUT2D eigenvalue weighted by molar-refractivity contribution is -0.151. The summed E-state index contributed by atoms with van der Waals surface area (Å²) in [5.41, 5.74) is 0. The van der Waals surface area contributed by atoms with Crippen molar-refractivity contribution in [2.45, 2.75) is 32.2 Å². The molecule has 21 heavy (non-hydrogen) atoms. The minimum Gasteiger partial charge on any atom is -0.480 e. The molecule has 0 aliphatic carbocycles. The maximum absolute atomic E-state index is 12.6. The molecule has 0 bridgehead atoms. The first-order valence-electron chi connectivity index (χ1n) is 7.20. The topological polar surface area (TPSA) is 95.0 Å². The fourth-order valence-corrected chi connectivity index (χ4v) is 4.16. The molecule has 2 saturated heterocycles. The van der Waals surface area contributed by atoms with Gasteiger partial charge in [0.25, 0.3) is 0 Å².